The molecule has 0 bridgehead atoms. The third kappa shape index (κ3) is 52.8. The van der Waals surface area contributed by atoms with Gasteiger partial charge in [-0.2, -0.15) is 0 Å². The summed E-state index contributed by atoms with van der Waals surface area (Å²) in [5.41, 5.74) is 3.70. The zero-order valence-corrected chi connectivity index (χ0v) is 21.4. The van der Waals surface area contributed by atoms with E-state index in [-0.39, 0.29) is 39.7 Å². The molecule has 0 saturated heterocycles. The van der Waals surface area contributed by atoms with Gasteiger partial charge in [0.2, 0.25) is 0 Å². The van der Waals surface area contributed by atoms with Gasteiger partial charge >= 0.3 is 67.8 Å². The van der Waals surface area contributed by atoms with Crippen LogP contribution in [0, 0.1) is 57.1 Å². The summed E-state index contributed by atoms with van der Waals surface area (Å²) in [7, 11) is -1.27. The Morgan fingerprint density at radius 2 is 1.23 bits per heavy atom. The summed E-state index contributed by atoms with van der Waals surface area (Å²) < 4.78 is 51.0. The normalized spacial score (nSPS) is 12.7. The van der Waals surface area contributed by atoms with Gasteiger partial charge in [-0.3, -0.25) is 0 Å². The Bertz CT molecular complexity index is 500. The van der Waals surface area contributed by atoms with Crippen LogP contribution in [-0.4, -0.2) is 14.2 Å². The Hall–Kier alpha value is -1.05. The van der Waals surface area contributed by atoms with Gasteiger partial charge in [-0.15, -0.1) is 0 Å². The van der Waals surface area contributed by atoms with Crippen molar-refractivity contribution in [3.05, 3.63) is 63.5 Å². The molecule has 0 N–H and O–H groups in total. The molecule has 174 valence electrons. The molecule has 0 spiro atoms. The minimum absolute atomic E-state index is 0. The largest absolute Gasteiger partial charge is 0 e. The van der Waals surface area contributed by atoms with Crippen molar-refractivity contribution in [2.24, 2.45) is 5.41 Å². The van der Waals surface area contributed by atoms with E-state index in [1.54, 1.807) is 0 Å². The quantitative estimate of drug-likeness (QED) is 0.298. The van der Waals surface area contributed by atoms with E-state index in [1.165, 1.54) is 0 Å². The minimum atomic E-state index is -1.27. The summed E-state index contributed by atoms with van der Waals surface area (Å²) in [5.74, 6) is 1.14. The molecule has 0 aliphatic carbocycles. The minimum Gasteiger partial charge on any atom is 0 e. The van der Waals surface area contributed by atoms with Gasteiger partial charge in [-0.25, -0.2) is 0 Å². The van der Waals surface area contributed by atoms with Gasteiger partial charge < -0.3 is 4.74 Å². The fraction of sp³-hybridized carbons (Fsp3) is 0.524. The summed E-state index contributed by atoms with van der Waals surface area (Å²) in [4.78, 5) is 0. The summed E-state index contributed by atoms with van der Waals surface area (Å²) in [5, 5.41) is 0. The van der Waals surface area contributed by atoms with E-state index < -0.39 is 8.07 Å². The molecule has 1 atom stereocenters. The van der Waals surface area contributed by atoms with Gasteiger partial charge in [0.1, 0.15) is 6.10 Å². The second kappa shape index (κ2) is 39.4. The van der Waals surface area contributed by atoms with Crippen molar-refractivity contribution < 1.29 is 66.2 Å². The average Bonchev–Trinajstić information content (AvgIpc) is 2.74. The number of rotatable bonds is 3. The Morgan fingerprint density at radius 1 is 0.871 bits per heavy atom. The Labute approximate surface area is 208 Å². The molecule has 1 heterocycles. The zero-order valence-electron chi connectivity index (χ0n) is 18.3. The Balaban J connectivity index is -0.0000000545. The SMILES string of the molecule is CC(C)(C)CC1=CCCC([C]=[C][Si](C)(C)C)O1.[C-]#[O+].[C-]#[O+].[C-]#[O+].[C-]#[O+].[C-]#[O+].[C-]#[O+].[Co].[Co]. The first-order valence-electron chi connectivity index (χ1n) is 7.77. The molecule has 0 saturated carbocycles. The van der Waals surface area contributed by atoms with E-state index in [2.05, 4.69) is 98.2 Å². The van der Waals surface area contributed by atoms with Crippen LogP contribution < -0.4 is 0 Å². The standard InChI is InChI=1S/C15H26OSi.6CO.2Co/c1-15(2,3)12-14-9-7-8-13(16-14)10-11-17(4,5)6;6*1-2;;/h9,13H,7-8,12H2,1-6H3;;;;;;;;. The maximum absolute atomic E-state index is 7.50. The summed E-state index contributed by atoms with van der Waals surface area (Å²) in [6.07, 6.45) is 8.86. The van der Waals surface area contributed by atoms with Crippen LogP contribution in [-0.2, 0) is 66.2 Å². The fourth-order valence-corrected chi connectivity index (χ4v) is 2.31. The fourth-order valence-electron chi connectivity index (χ4n) is 1.72. The van der Waals surface area contributed by atoms with Crippen molar-refractivity contribution in [1.29, 1.82) is 0 Å². The molecule has 4 radical (unpaired) electrons. The van der Waals surface area contributed by atoms with Crippen LogP contribution in [0.3, 0.4) is 0 Å². The first-order chi connectivity index (χ1) is 13.7. The number of ether oxygens (including phenoxy) is 1. The zero-order chi connectivity index (χ0) is 25.1. The van der Waals surface area contributed by atoms with Crippen molar-refractivity contribution >= 4 is 8.07 Å². The molecule has 0 amide bonds. The van der Waals surface area contributed by atoms with Gasteiger partial charge in [0.15, 0.2) is 0 Å². The van der Waals surface area contributed by atoms with E-state index in [1.807, 2.05) is 0 Å². The molecule has 0 aromatic heterocycles. The van der Waals surface area contributed by atoms with Crippen molar-refractivity contribution in [2.45, 2.75) is 65.8 Å². The number of allylic oxidation sites excluding steroid dienone is 2. The van der Waals surface area contributed by atoms with Crippen LogP contribution in [0.4, 0.5) is 0 Å². The van der Waals surface area contributed by atoms with Gasteiger partial charge in [0.05, 0.1) is 13.8 Å². The molecule has 1 unspecified atom stereocenters. The van der Waals surface area contributed by atoms with E-state index >= 15 is 0 Å². The number of hydrogen-bond acceptors (Lipinski definition) is 1. The van der Waals surface area contributed by atoms with Gasteiger partial charge in [0.25, 0.3) is 0 Å². The van der Waals surface area contributed by atoms with Crippen molar-refractivity contribution in [1.82, 2.24) is 0 Å². The van der Waals surface area contributed by atoms with Gasteiger partial charge in [-0.1, -0.05) is 46.1 Å². The predicted molar refractivity (Wildman–Crippen MR) is 99.7 cm³/mol. The molecule has 31 heavy (non-hydrogen) atoms. The summed E-state index contributed by atoms with van der Waals surface area (Å²) in [6.45, 7) is 40.6. The molecule has 0 aromatic rings. The van der Waals surface area contributed by atoms with E-state index in [9.17, 15) is 0 Å². The molecule has 7 nitrogen and oxygen atoms in total. The van der Waals surface area contributed by atoms with Crippen molar-refractivity contribution in [2.75, 3.05) is 0 Å². The number of hydrogen-bond donors (Lipinski definition) is 0. The summed E-state index contributed by atoms with van der Waals surface area (Å²) >= 11 is 0. The monoisotopic (exact) mass is 536 g/mol. The first kappa shape index (κ1) is 52.1. The molecule has 1 aliphatic heterocycles. The van der Waals surface area contributed by atoms with E-state index in [4.69, 9.17) is 32.6 Å². The van der Waals surface area contributed by atoms with Crippen LogP contribution >= 0.6 is 0 Å². The van der Waals surface area contributed by atoms with Gasteiger partial charge in [0, 0.05) is 40.0 Å². The van der Waals surface area contributed by atoms with Gasteiger partial charge in [-0.05, 0) is 30.4 Å². The van der Waals surface area contributed by atoms with Crippen molar-refractivity contribution in [3.8, 4) is 0 Å². The smallest absolute Gasteiger partial charge is 0 e. The van der Waals surface area contributed by atoms with Crippen LogP contribution in [0.2, 0.25) is 19.6 Å². The molecule has 0 aromatic carbocycles. The second-order valence-electron chi connectivity index (χ2n) is 7.11. The maximum Gasteiger partial charge on any atom is 0 e. The van der Waals surface area contributed by atoms with E-state index in [0.717, 1.165) is 25.0 Å². The Kier molecular flexibility index (Phi) is 66.3. The Morgan fingerprint density at radius 3 is 1.52 bits per heavy atom. The molecule has 1 aliphatic rings. The molecule has 10 heteroatoms. The first-order valence-corrected chi connectivity index (χ1v) is 11.3. The molecular weight excluding hydrogens is 510 g/mol. The summed E-state index contributed by atoms with van der Waals surface area (Å²) in [6, 6.07) is 0. The van der Waals surface area contributed by atoms with Crippen LogP contribution in [0.25, 0.3) is 0 Å². The van der Waals surface area contributed by atoms with Crippen LogP contribution in [0.5, 0.6) is 0 Å². The predicted octanol–water partition coefficient (Wildman–Crippen LogP) is 4.30. The van der Waals surface area contributed by atoms with Crippen LogP contribution in [0.1, 0.15) is 40.0 Å². The van der Waals surface area contributed by atoms with Crippen LogP contribution in [0.15, 0.2) is 11.8 Å². The molecule has 0 fully saturated rings. The third-order valence-corrected chi connectivity index (χ3v) is 3.30. The maximum atomic E-state index is 7.50. The molecule has 1 rings (SSSR count). The molecular formula is C21H26Co2O7Si. The average molecular weight is 536 g/mol. The topological polar surface area (TPSA) is 129 Å². The van der Waals surface area contributed by atoms with E-state index in [0.29, 0.717) is 5.41 Å². The second-order valence-corrected chi connectivity index (χ2v) is 11.9. The van der Waals surface area contributed by atoms with Crippen molar-refractivity contribution in [3.63, 3.8) is 0 Å². The third-order valence-electron chi connectivity index (χ3n) is 2.41.